The fourth-order valence-electron chi connectivity index (χ4n) is 1.84. The summed E-state index contributed by atoms with van der Waals surface area (Å²) in [6.07, 6.45) is 0.759. The van der Waals surface area contributed by atoms with Gasteiger partial charge < -0.3 is 15.8 Å². The molecule has 1 aromatic carbocycles. The second-order valence-electron chi connectivity index (χ2n) is 5.17. The van der Waals surface area contributed by atoms with Gasteiger partial charge in [-0.05, 0) is 23.6 Å². The van der Waals surface area contributed by atoms with Crippen molar-refractivity contribution < 1.29 is 14.3 Å². The number of ether oxygens (including phenoxy) is 1. The molecule has 0 fully saturated rings. The fraction of sp³-hybridized carbons (Fsp3) is 0.467. The molecule has 0 saturated carbocycles. The monoisotopic (exact) mass is 278 g/mol. The zero-order valence-electron chi connectivity index (χ0n) is 12.2. The Balaban J connectivity index is 2.66. The van der Waals surface area contributed by atoms with Gasteiger partial charge in [0.1, 0.15) is 11.8 Å². The maximum Gasteiger partial charge on any atom is 0.240 e. The molecule has 5 nitrogen and oxygen atoms in total. The third kappa shape index (κ3) is 5.30. The summed E-state index contributed by atoms with van der Waals surface area (Å²) in [5.74, 6) is 0.299. The summed E-state index contributed by atoms with van der Waals surface area (Å²) in [4.78, 5) is 23.2. The second kappa shape index (κ2) is 7.53. The SMILES string of the molecule is COc1ccc(C[C@@H](NC(=O)CC(C)C)C(N)=O)cc1. The molecule has 1 rings (SSSR count). The number of primary amides is 1. The first-order valence-corrected chi connectivity index (χ1v) is 6.64. The molecule has 3 N–H and O–H groups in total. The standard InChI is InChI=1S/C15H22N2O3/c1-10(2)8-14(18)17-13(15(16)19)9-11-4-6-12(20-3)7-5-11/h4-7,10,13H,8-9H2,1-3H3,(H2,16,19)(H,17,18)/t13-/m1/s1. The minimum atomic E-state index is -0.686. The number of nitrogens with one attached hydrogen (secondary N) is 1. The Labute approximate surface area is 119 Å². The molecule has 1 atom stereocenters. The molecule has 0 aliphatic heterocycles. The van der Waals surface area contributed by atoms with Crippen molar-refractivity contribution in [1.82, 2.24) is 5.32 Å². The van der Waals surface area contributed by atoms with Crippen molar-refractivity contribution in [2.24, 2.45) is 11.7 Å². The third-order valence-electron chi connectivity index (χ3n) is 2.87. The van der Waals surface area contributed by atoms with E-state index < -0.39 is 11.9 Å². The highest BCUT2D eigenvalue weighted by atomic mass is 16.5. The Morgan fingerprint density at radius 3 is 2.30 bits per heavy atom. The van der Waals surface area contributed by atoms with Crippen LogP contribution in [0.15, 0.2) is 24.3 Å². The Morgan fingerprint density at radius 2 is 1.85 bits per heavy atom. The summed E-state index contributed by atoms with van der Waals surface area (Å²) >= 11 is 0. The van der Waals surface area contributed by atoms with Gasteiger partial charge >= 0.3 is 0 Å². The highest BCUT2D eigenvalue weighted by Gasteiger charge is 2.19. The molecule has 110 valence electrons. The molecule has 20 heavy (non-hydrogen) atoms. The second-order valence-corrected chi connectivity index (χ2v) is 5.17. The van der Waals surface area contributed by atoms with Crippen LogP contribution >= 0.6 is 0 Å². The van der Waals surface area contributed by atoms with Crippen LogP contribution in [0.2, 0.25) is 0 Å². The quantitative estimate of drug-likeness (QED) is 0.787. The van der Waals surface area contributed by atoms with Gasteiger partial charge in [-0.3, -0.25) is 9.59 Å². The molecule has 0 spiro atoms. The lowest BCUT2D eigenvalue weighted by atomic mass is 10.0. The first kappa shape index (κ1) is 16.0. The van der Waals surface area contributed by atoms with Crippen LogP contribution in [0.1, 0.15) is 25.8 Å². The van der Waals surface area contributed by atoms with E-state index in [0.717, 1.165) is 11.3 Å². The van der Waals surface area contributed by atoms with Crippen LogP contribution < -0.4 is 15.8 Å². The lowest BCUT2D eigenvalue weighted by molar-refractivity contribution is -0.127. The Morgan fingerprint density at radius 1 is 1.25 bits per heavy atom. The Kier molecular flexibility index (Phi) is 6.03. The van der Waals surface area contributed by atoms with Crippen LogP contribution in [0.5, 0.6) is 5.75 Å². The van der Waals surface area contributed by atoms with Crippen molar-refractivity contribution in [3.63, 3.8) is 0 Å². The molecular weight excluding hydrogens is 256 g/mol. The van der Waals surface area contributed by atoms with E-state index in [1.54, 1.807) is 7.11 Å². The molecule has 0 saturated heterocycles. The summed E-state index contributed by atoms with van der Waals surface area (Å²) in [5.41, 5.74) is 6.26. The van der Waals surface area contributed by atoms with E-state index in [1.807, 2.05) is 38.1 Å². The minimum Gasteiger partial charge on any atom is -0.497 e. The van der Waals surface area contributed by atoms with Crippen LogP contribution in [0.25, 0.3) is 0 Å². The maximum absolute atomic E-state index is 11.7. The van der Waals surface area contributed by atoms with Gasteiger partial charge in [-0.15, -0.1) is 0 Å². The predicted octanol–water partition coefficient (Wildman–Crippen LogP) is 1.25. The van der Waals surface area contributed by atoms with Crippen molar-refractivity contribution >= 4 is 11.8 Å². The largest absolute Gasteiger partial charge is 0.497 e. The fourth-order valence-corrected chi connectivity index (χ4v) is 1.84. The highest BCUT2D eigenvalue weighted by molar-refractivity contribution is 5.86. The Bertz CT molecular complexity index is 455. The van der Waals surface area contributed by atoms with E-state index >= 15 is 0 Å². The van der Waals surface area contributed by atoms with Crippen molar-refractivity contribution in [1.29, 1.82) is 0 Å². The van der Waals surface area contributed by atoms with Gasteiger partial charge in [0.25, 0.3) is 0 Å². The van der Waals surface area contributed by atoms with Gasteiger partial charge in [0.15, 0.2) is 0 Å². The number of hydrogen-bond acceptors (Lipinski definition) is 3. The van der Waals surface area contributed by atoms with E-state index in [1.165, 1.54) is 0 Å². The van der Waals surface area contributed by atoms with Crippen molar-refractivity contribution in [3.8, 4) is 5.75 Å². The molecule has 0 heterocycles. The van der Waals surface area contributed by atoms with Crippen molar-refractivity contribution in [2.45, 2.75) is 32.7 Å². The number of carbonyl (C=O) groups is 2. The molecule has 0 aliphatic rings. The molecule has 1 aromatic rings. The molecular formula is C15H22N2O3. The number of carbonyl (C=O) groups excluding carboxylic acids is 2. The molecule has 0 radical (unpaired) electrons. The zero-order chi connectivity index (χ0) is 15.1. The molecule has 0 bridgehead atoms. The van der Waals surface area contributed by atoms with Gasteiger partial charge in [-0.25, -0.2) is 0 Å². The molecule has 5 heteroatoms. The summed E-state index contributed by atoms with van der Waals surface area (Å²) in [5, 5.41) is 2.68. The molecule has 0 unspecified atom stereocenters. The zero-order valence-corrected chi connectivity index (χ0v) is 12.2. The van der Waals surface area contributed by atoms with Crippen LogP contribution in [0.3, 0.4) is 0 Å². The van der Waals surface area contributed by atoms with Gasteiger partial charge in [-0.2, -0.15) is 0 Å². The van der Waals surface area contributed by atoms with Crippen molar-refractivity contribution in [2.75, 3.05) is 7.11 Å². The van der Waals surface area contributed by atoms with Crippen LogP contribution in [0, 0.1) is 5.92 Å². The number of nitrogens with two attached hydrogens (primary N) is 1. The summed E-state index contributed by atoms with van der Waals surface area (Å²) in [7, 11) is 1.59. The van der Waals surface area contributed by atoms with Crippen molar-refractivity contribution in [3.05, 3.63) is 29.8 Å². The highest BCUT2D eigenvalue weighted by Crippen LogP contribution is 2.13. The molecule has 2 amide bonds. The first-order chi connectivity index (χ1) is 9.42. The summed E-state index contributed by atoms with van der Waals surface area (Å²) in [6.45, 7) is 3.89. The summed E-state index contributed by atoms with van der Waals surface area (Å²) < 4.78 is 5.07. The molecule has 0 aromatic heterocycles. The normalized spacial score (nSPS) is 12.0. The summed E-state index contributed by atoms with van der Waals surface area (Å²) in [6, 6.07) is 6.63. The molecule has 0 aliphatic carbocycles. The van der Waals surface area contributed by atoms with Gasteiger partial charge in [0, 0.05) is 12.8 Å². The Hall–Kier alpha value is -2.04. The van der Waals surface area contributed by atoms with E-state index in [2.05, 4.69) is 5.32 Å². The van der Waals surface area contributed by atoms with E-state index in [-0.39, 0.29) is 11.8 Å². The average Bonchev–Trinajstić information content (AvgIpc) is 2.37. The average molecular weight is 278 g/mol. The number of rotatable bonds is 7. The van der Waals surface area contributed by atoms with Crippen LogP contribution in [-0.2, 0) is 16.0 Å². The van der Waals surface area contributed by atoms with E-state index in [9.17, 15) is 9.59 Å². The maximum atomic E-state index is 11.7. The predicted molar refractivity (Wildman–Crippen MR) is 77.3 cm³/mol. The topological polar surface area (TPSA) is 81.4 Å². The van der Waals surface area contributed by atoms with Crippen LogP contribution in [0.4, 0.5) is 0 Å². The lowest BCUT2D eigenvalue weighted by Gasteiger charge is -2.16. The number of methoxy groups -OCH3 is 1. The number of hydrogen-bond donors (Lipinski definition) is 2. The number of amides is 2. The smallest absolute Gasteiger partial charge is 0.240 e. The number of benzene rings is 1. The van der Waals surface area contributed by atoms with Gasteiger partial charge in [0.2, 0.25) is 11.8 Å². The lowest BCUT2D eigenvalue weighted by Crippen LogP contribution is -2.46. The van der Waals surface area contributed by atoms with E-state index in [4.69, 9.17) is 10.5 Å². The van der Waals surface area contributed by atoms with Gasteiger partial charge in [0.05, 0.1) is 7.11 Å². The van der Waals surface area contributed by atoms with Gasteiger partial charge in [-0.1, -0.05) is 26.0 Å². The van der Waals surface area contributed by atoms with E-state index in [0.29, 0.717) is 12.8 Å². The minimum absolute atomic E-state index is 0.155. The third-order valence-corrected chi connectivity index (χ3v) is 2.87. The van der Waals surface area contributed by atoms with Crippen LogP contribution in [-0.4, -0.2) is 25.0 Å². The first-order valence-electron chi connectivity index (χ1n) is 6.64.